The number of rotatable bonds is 18. The molecule has 5 nitrogen and oxygen atoms in total. The normalized spacial score (nSPS) is 25.0. The predicted octanol–water partition coefficient (Wildman–Crippen LogP) is 4.87. The molecule has 1 fully saturated rings. The van der Waals surface area contributed by atoms with Crippen molar-refractivity contribution in [3.63, 3.8) is 0 Å². The summed E-state index contributed by atoms with van der Waals surface area (Å²) in [5.41, 5.74) is 0. The molecule has 0 radical (unpaired) electrons. The first-order chi connectivity index (χ1) is 14.2. The van der Waals surface area contributed by atoms with Crippen molar-refractivity contribution in [1.82, 2.24) is 0 Å². The molecule has 0 aromatic rings. The van der Waals surface area contributed by atoms with Crippen molar-refractivity contribution in [2.24, 2.45) is 0 Å². The minimum Gasteiger partial charge on any atom is -0.493 e. The zero-order valence-electron chi connectivity index (χ0n) is 18.6. The molecule has 0 saturated carbocycles. The molecule has 0 aromatic heterocycles. The van der Waals surface area contributed by atoms with Gasteiger partial charge in [-0.1, -0.05) is 90.4 Å². The minimum absolute atomic E-state index is 0.173. The Morgan fingerprint density at radius 3 is 1.83 bits per heavy atom. The summed E-state index contributed by atoms with van der Waals surface area (Å²) >= 11 is 0. The molecule has 1 aliphatic heterocycles. The molecule has 29 heavy (non-hydrogen) atoms. The number of aliphatic hydroxyl groups is 3. The fraction of sp³-hybridized carbons (Fsp3) is 0.917. The second-order valence-electron chi connectivity index (χ2n) is 8.47. The van der Waals surface area contributed by atoms with Gasteiger partial charge in [0.2, 0.25) is 0 Å². The van der Waals surface area contributed by atoms with Crippen molar-refractivity contribution in [2.45, 2.75) is 128 Å². The van der Waals surface area contributed by atoms with Gasteiger partial charge in [-0.15, -0.1) is 0 Å². The Bertz CT molecular complexity index is 387. The lowest BCUT2D eigenvalue weighted by Gasteiger charge is -2.36. The maximum absolute atomic E-state index is 9.97. The molecule has 3 N–H and O–H groups in total. The summed E-state index contributed by atoms with van der Waals surface area (Å²) in [7, 11) is 0. The summed E-state index contributed by atoms with van der Waals surface area (Å²) in [4.78, 5) is 0. The van der Waals surface area contributed by atoms with Crippen LogP contribution in [0, 0.1) is 0 Å². The van der Waals surface area contributed by atoms with E-state index in [2.05, 4.69) is 6.92 Å². The molecular formula is C24H46O5. The highest BCUT2D eigenvalue weighted by Gasteiger charge is 2.38. The summed E-state index contributed by atoms with van der Waals surface area (Å²) in [5.74, 6) is 0. The molecule has 0 aromatic carbocycles. The van der Waals surface area contributed by atoms with Gasteiger partial charge >= 0.3 is 0 Å². The largest absolute Gasteiger partial charge is 0.493 e. The molecule has 1 heterocycles. The summed E-state index contributed by atoms with van der Waals surface area (Å²) in [6.45, 7) is 2.14. The topological polar surface area (TPSA) is 79.2 Å². The van der Waals surface area contributed by atoms with E-state index in [0.29, 0.717) is 0 Å². The Morgan fingerprint density at radius 2 is 1.31 bits per heavy atom. The Kier molecular flexibility index (Phi) is 16.6. The minimum atomic E-state index is -1.11. The van der Waals surface area contributed by atoms with Gasteiger partial charge in [0.25, 0.3) is 0 Å². The summed E-state index contributed by atoms with van der Waals surface area (Å²) in [5, 5.41) is 28.8. The molecule has 4 atom stereocenters. The van der Waals surface area contributed by atoms with Gasteiger partial charge in [0, 0.05) is 0 Å². The van der Waals surface area contributed by atoms with Crippen LogP contribution in [0.1, 0.15) is 103 Å². The molecule has 172 valence electrons. The van der Waals surface area contributed by atoms with Crippen LogP contribution in [-0.2, 0) is 9.47 Å². The van der Waals surface area contributed by atoms with Gasteiger partial charge in [0.1, 0.15) is 24.4 Å². The lowest BCUT2D eigenvalue weighted by Crippen LogP contribution is -2.54. The van der Waals surface area contributed by atoms with Crippen molar-refractivity contribution in [1.29, 1.82) is 0 Å². The molecule has 0 unspecified atom stereocenters. The standard InChI is InChI=1S/C24H46O5/c1-2-3-4-5-6-7-8-9-10-11-12-13-14-15-16-17-18-28-22-20-29-21(19-25)23(26)24(22)27/h17-18,21-27H,2-16,19-20H2,1H3/b18-17+/t21-,22+,23-,24-/m0/s1. The molecule has 1 saturated heterocycles. The third kappa shape index (κ3) is 12.6. The van der Waals surface area contributed by atoms with E-state index in [9.17, 15) is 10.2 Å². The van der Waals surface area contributed by atoms with Crippen LogP contribution in [0.3, 0.4) is 0 Å². The van der Waals surface area contributed by atoms with Gasteiger partial charge in [-0.05, 0) is 18.9 Å². The predicted molar refractivity (Wildman–Crippen MR) is 118 cm³/mol. The van der Waals surface area contributed by atoms with Crippen molar-refractivity contribution in [3.05, 3.63) is 12.3 Å². The summed E-state index contributed by atoms with van der Waals surface area (Å²) in [6.07, 6.45) is 20.1. The molecule has 0 spiro atoms. The average molecular weight is 415 g/mol. The third-order valence-corrected chi connectivity index (χ3v) is 5.84. The van der Waals surface area contributed by atoms with Crippen LogP contribution in [0.2, 0.25) is 0 Å². The average Bonchev–Trinajstić information content (AvgIpc) is 2.73. The molecule has 5 heteroatoms. The lowest BCUT2D eigenvalue weighted by molar-refractivity contribution is -0.196. The van der Waals surface area contributed by atoms with E-state index in [4.69, 9.17) is 14.6 Å². The van der Waals surface area contributed by atoms with Crippen molar-refractivity contribution in [3.8, 4) is 0 Å². The molecule has 0 bridgehead atoms. The Balaban J connectivity index is 1.85. The number of ether oxygens (including phenoxy) is 2. The number of hydrogen-bond acceptors (Lipinski definition) is 5. The van der Waals surface area contributed by atoms with E-state index < -0.39 is 24.4 Å². The van der Waals surface area contributed by atoms with Gasteiger partial charge in [0.05, 0.1) is 19.5 Å². The number of allylic oxidation sites excluding steroid dienone is 1. The van der Waals surface area contributed by atoms with Gasteiger partial charge < -0.3 is 24.8 Å². The van der Waals surface area contributed by atoms with E-state index in [1.807, 2.05) is 6.08 Å². The van der Waals surface area contributed by atoms with Crippen LogP contribution >= 0.6 is 0 Å². The van der Waals surface area contributed by atoms with E-state index in [-0.39, 0.29) is 13.2 Å². The number of unbranched alkanes of at least 4 members (excludes halogenated alkanes) is 14. The Labute approximate surface area is 178 Å². The Morgan fingerprint density at radius 1 is 0.793 bits per heavy atom. The van der Waals surface area contributed by atoms with E-state index in [1.54, 1.807) is 6.26 Å². The van der Waals surface area contributed by atoms with E-state index >= 15 is 0 Å². The molecule has 0 amide bonds. The molecule has 1 aliphatic rings. The quantitative estimate of drug-likeness (QED) is 0.220. The molecular weight excluding hydrogens is 368 g/mol. The highest BCUT2D eigenvalue weighted by Crippen LogP contribution is 2.18. The summed E-state index contributed by atoms with van der Waals surface area (Å²) < 4.78 is 10.8. The highest BCUT2D eigenvalue weighted by atomic mass is 16.6. The molecule has 1 rings (SSSR count). The van der Waals surface area contributed by atoms with E-state index in [1.165, 1.54) is 83.5 Å². The van der Waals surface area contributed by atoms with Gasteiger partial charge in [-0.25, -0.2) is 0 Å². The first-order valence-electron chi connectivity index (χ1n) is 12.1. The zero-order chi connectivity index (χ0) is 21.2. The van der Waals surface area contributed by atoms with Crippen LogP contribution in [0.25, 0.3) is 0 Å². The first kappa shape index (κ1) is 26.4. The van der Waals surface area contributed by atoms with Crippen LogP contribution in [0.15, 0.2) is 12.3 Å². The van der Waals surface area contributed by atoms with Gasteiger partial charge in [0.15, 0.2) is 0 Å². The van der Waals surface area contributed by atoms with E-state index in [0.717, 1.165) is 12.8 Å². The molecule has 0 aliphatic carbocycles. The fourth-order valence-electron chi connectivity index (χ4n) is 3.82. The van der Waals surface area contributed by atoms with Gasteiger partial charge in [-0.2, -0.15) is 0 Å². The van der Waals surface area contributed by atoms with Gasteiger partial charge in [-0.3, -0.25) is 0 Å². The first-order valence-corrected chi connectivity index (χ1v) is 12.1. The van der Waals surface area contributed by atoms with Crippen LogP contribution in [0.5, 0.6) is 0 Å². The fourth-order valence-corrected chi connectivity index (χ4v) is 3.82. The Hall–Kier alpha value is -0.620. The SMILES string of the molecule is CCCCCCCCCCCCCCCC/C=C/O[C@@H]1CO[C@@H](CO)[C@H](O)[C@H]1O. The second kappa shape index (κ2) is 18.2. The maximum atomic E-state index is 9.97. The smallest absolute Gasteiger partial charge is 0.149 e. The summed E-state index contributed by atoms with van der Waals surface area (Å²) in [6, 6.07) is 0. The number of hydrogen-bond donors (Lipinski definition) is 3. The zero-order valence-corrected chi connectivity index (χ0v) is 18.6. The lowest BCUT2D eigenvalue weighted by atomic mass is 10.0. The third-order valence-electron chi connectivity index (χ3n) is 5.84. The van der Waals surface area contributed by atoms with Crippen molar-refractivity contribution in [2.75, 3.05) is 13.2 Å². The van der Waals surface area contributed by atoms with Crippen LogP contribution < -0.4 is 0 Å². The second-order valence-corrected chi connectivity index (χ2v) is 8.47. The monoisotopic (exact) mass is 414 g/mol. The maximum Gasteiger partial charge on any atom is 0.149 e. The number of aliphatic hydroxyl groups excluding tert-OH is 3. The van der Waals surface area contributed by atoms with Crippen LogP contribution in [0.4, 0.5) is 0 Å². The van der Waals surface area contributed by atoms with Crippen LogP contribution in [-0.4, -0.2) is 52.9 Å². The van der Waals surface area contributed by atoms with Crippen molar-refractivity contribution >= 4 is 0 Å². The highest BCUT2D eigenvalue weighted by molar-refractivity contribution is 4.89. The van der Waals surface area contributed by atoms with Crippen molar-refractivity contribution < 1.29 is 24.8 Å².